The lowest BCUT2D eigenvalue weighted by atomic mass is 9.84. The summed E-state index contributed by atoms with van der Waals surface area (Å²) in [5.74, 6) is 0.491. The van der Waals surface area contributed by atoms with Crippen molar-refractivity contribution in [3.05, 3.63) is 23.8 Å². The summed E-state index contributed by atoms with van der Waals surface area (Å²) in [5, 5.41) is 10.1. The predicted octanol–water partition coefficient (Wildman–Crippen LogP) is 3.60. The van der Waals surface area contributed by atoms with Crippen LogP contribution in [0, 0.1) is 5.92 Å². The second kappa shape index (κ2) is 4.66. The maximum Gasteiger partial charge on any atom is 0.0753 e. The van der Waals surface area contributed by atoms with Crippen LogP contribution in [0.2, 0.25) is 25.7 Å². The fourth-order valence-corrected chi connectivity index (χ4v) is 3.76. The number of aliphatic hydroxyl groups is 1. The van der Waals surface area contributed by atoms with Gasteiger partial charge in [-0.1, -0.05) is 37.9 Å². The van der Waals surface area contributed by atoms with E-state index in [0.29, 0.717) is 5.92 Å². The minimum absolute atomic E-state index is 0.216. The number of hydrogen-bond acceptors (Lipinski definition) is 1. The van der Waals surface area contributed by atoms with E-state index in [0.717, 1.165) is 18.9 Å². The van der Waals surface area contributed by atoms with Crippen molar-refractivity contribution in [2.75, 3.05) is 0 Å². The number of aliphatic hydroxyl groups excluding tert-OH is 1. The molecule has 0 amide bonds. The molecule has 2 atom stereocenters. The number of allylic oxidation sites excluding steroid dienone is 2. The first-order chi connectivity index (χ1) is 6.79. The molecule has 1 rings (SSSR count). The largest absolute Gasteiger partial charge is 0.389 e. The highest BCUT2D eigenvalue weighted by Gasteiger charge is 2.26. The van der Waals surface area contributed by atoms with Gasteiger partial charge in [-0.15, -0.1) is 0 Å². The molecule has 0 aromatic carbocycles. The van der Waals surface area contributed by atoms with Gasteiger partial charge in [-0.05, 0) is 37.3 Å². The van der Waals surface area contributed by atoms with Gasteiger partial charge in [-0.25, -0.2) is 0 Å². The van der Waals surface area contributed by atoms with E-state index in [4.69, 9.17) is 0 Å². The van der Waals surface area contributed by atoms with Gasteiger partial charge in [0, 0.05) is 8.07 Å². The van der Waals surface area contributed by atoms with E-state index in [1.807, 2.05) is 0 Å². The van der Waals surface area contributed by atoms with Crippen molar-refractivity contribution in [3.8, 4) is 0 Å². The van der Waals surface area contributed by atoms with E-state index >= 15 is 0 Å². The topological polar surface area (TPSA) is 20.2 Å². The second-order valence-electron chi connectivity index (χ2n) is 6.05. The molecule has 86 valence electrons. The molecule has 2 heteroatoms. The summed E-state index contributed by atoms with van der Waals surface area (Å²) in [6, 6.07) is 1.14. The van der Waals surface area contributed by atoms with Crippen LogP contribution in [-0.4, -0.2) is 19.3 Å². The molecule has 1 nitrogen and oxygen atoms in total. The monoisotopic (exact) mass is 224 g/mol. The van der Waals surface area contributed by atoms with Crippen molar-refractivity contribution in [1.29, 1.82) is 0 Å². The van der Waals surface area contributed by atoms with Gasteiger partial charge in [0.25, 0.3) is 0 Å². The Bertz CT molecular complexity index is 273. The SMILES string of the molecule is C=C(C)[C@H]1CC=C(C[Si](C)(C)C)[C@@H](O)C1. The molecular formula is C13H24OSi. The summed E-state index contributed by atoms with van der Waals surface area (Å²) in [6.07, 6.45) is 4.00. The third-order valence-electron chi connectivity index (χ3n) is 3.03. The van der Waals surface area contributed by atoms with Gasteiger partial charge in [-0.3, -0.25) is 0 Å². The minimum Gasteiger partial charge on any atom is -0.389 e. The highest BCUT2D eigenvalue weighted by atomic mass is 28.3. The molecule has 0 radical (unpaired) electrons. The third-order valence-corrected chi connectivity index (χ3v) is 4.50. The molecule has 0 heterocycles. The van der Waals surface area contributed by atoms with Crippen molar-refractivity contribution >= 4 is 8.07 Å². The predicted molar refractivity (Wildman–Crippen MR) is 69.8 cm³/mol. The zero-order valence-corrected chi connectivity index (χ0v) is 11.5. The van der Waals surface area contributed by atoms with Gasteiger partial charge in [0.15, 0.2) is 0 Å². The Labute approximate surface area is 94.9 Å². The van der Waals surface area contributed by atoms with Crippen LogP contribution in [0.25, 0.3) is 0 Å². The van der Waals surface area contributed by atoms with Gasteiger partial charge in [0.1, 0.15) is 0 Å². The first-order valence-electron chi connectivity index (χ1n) is 5.82. The molecule has 1 aliphatic rings. The average Bonchev–Trinajstić information content (AvgIpc) is 2.05. The van der Waals surface area contributed by atoms with Crippen LogP contribution in [0.1, 0.15) is 19.8 Å². The van der Waals surface area contributed by atoms with Crippen molar-refractivity contribution in [2.24, 2.45) is 5.92 Å². The summed E-state index contributed by atoms with van der Waals surface area (Å²) in [6.45, 7) is 13.1. The Morgan fingerprint density at radius 2 is 2.13 bits per heavy atom. The van der Waals surface area contributed by atoms with E-state index in [-0.39, 0.29) is 6.10 Å². The van der Waals surface area contributed by atoms with Crippen molar-refractivity contribution in [3.63, 3.8) is 0 Å². The molecular weight excluding hydrogens is 200 g/mol. The molecule has 0 fully saturated rings. The standard InChI is InChI=1S/C13H24OSi/c1-10(2)11-6-7-12(13(14)8-11)9-15(3,4)5/h7,11,13-14H,1,6,8-9H2,2-5H3/t11-,13-/m0/s1. The van der Waals surface area contributed by atoms with Gasteiger partial charge in [0.05, 0.1) is 6.10 Å². The molecule has 1 N–H and O–H groups in total. The maximum absolute atomic E-state index is 10.1. The number of rotatable bonds is 3. The van der Waals surface area contributed by atoms with Gasteiger partial charge in [-0.2, -0.15) is 0 Å². The van der Waals surface area contributed by atoms with Crippen LogP contribution >= 0.6 is 0 Å². The van der Waals surface area contributed by atoms with E-state index in [1.54, 1.807) is 0 Å². The minimum atomic E-state index is -1.09. The zero-order valence-electron chi connectivity index (χ0n) is 10.5. The highest BCUT2D eigenvalue weighted by molar-refractivity contribution is 6.76. The molecule has 0 unspecified atom stereocenters. The van der Waals surface area contributed by atoms with Gasteiger partial charge in [0.2, 0.25) is 0 Å². The molecule has 0 spiro atoms. The summed E-state index contributed by atoms with van der Waals surface area (Å²) < 4.78 is 0. The Balaban J connectivity index is 2.66. The van der Waals surface area contributed by atoms with Gasteiger partial charge < -0.3 is 5.11 Å². The van der Waals surface area contributed by atoms with Crippen molar-refractivity contribution < 1.29 is 5.11 Å². The fourth-order valence-electron chi connectivity index (χ4n) is 2.15. The molecule has 0 bridgehead atoms. The third kappa shape index (κ3) is 3.96. The Morgan fingerprint density at radius 3 is 2.53 bits per heavy atom. The fraction of sp³-hybridized carbons (Fsp3) is 0.692. The highest BCUT2D eigenvalue weighted by Crippen LogP contribution is 2.32. The molecule has 0 aliphatic heterocycles. The Hall–Kier alpha value is -0.343. The average molecular weight is 224 g/mol. The Morgan fingerprint density at radius 1 is 1.53 bits per heavy atom. The molecule has 0 aromatic rings. The lowest BCUT2D eigenvalue weighted by Crippen LogP contribution is -2.28. The van der Waals surface area contributed by atoms with E-state index < -0.39 is 8.07 Å². The summed E-state index contributed by atoms with van der Waals surface area (Å²) in [4.78, 5) is 0. The van der Waals surface area contributed by atoms with Gasteiger partial charge >= 0.3 is 0 Å². The molecule has 0 aromatic heterocycles. The van der Waals surface area contributed by atoms with E-state index in [2.05, 4.69) is 39.2 Å². The molecule has 0 saturated heterocycles. The van der Waals surface area contributed by atoms with Crippen LogP contribution in [0.4, 0.5) is 0 Å². The molecule has 15 heavy (non-hydrogen) atoms. The maximum atomic E-state index is 10.1. The molecule has 1 aliphatic carbocycles. The Kier molecular flexibility index (Phi) is 3.96. The van der Waals surface area contributed by atoms with Crippen LogP contribution < -0.4 is 0 Å². The summed E-state index contributed by atoms with van der Waals surface area (Å²) >= 11 is 0. The first-order valence-corrected chi connectivity index (χ1v) is 9.52. The lowest BCUT2D eigenvalue weighted by molar-refractivity contribution is 0.174. The summed E-state index contributed by atoms with van der Waals surface area (Å²) in [5.41, 5.74) is 2.49. The lowest BCUT2D eigenvalue weighted by Gasteiger charge is -2.30. The quantitative estimate of drug-likeness (QED) is 0.574. The molecule has 0 saturated carbocycles. The first kappa shape index (κ1) is 12.7. The van der Waals surface area contributed by atoms with Crippen LogP contribution in [-0.2, 0) is 0 Å². The van der Waals surface area contributed by atoms with Crippen LogP contribution in [0.5, 0.6) is 0 Å². The zero-order chi connectivity index (χ0) is 11.6. The van der Waals surface area contributed by atoms with Crippen molar-refractivity contribution in [1.82, 2.24) is 0 Å². The summed E-state index contributed by atoms with van der Waals surface area (Å²) in [7, 11) is -1.09. The number of hydrogen-bond donors (Lipinski definition) is 1. The van der Waals surface area contributed by atoms with Crippen molar-refractivity contribution in [2.45, 2.75) is 51.6 Å². The van der Waals surface area contributed by atoms with E-state index in [1.165, 1.54) is 11.1 Å². The van der Waals surface area contributed by atoms with Crippen LogP contribution in [0.15, 0.2) is 23.8 Å². The second-order valence-corrected chi connectivity index (χ2v) is 11.5. The van der Waals surface area contributed by atoms with Crippen LogP contribution in [0.3, 0.4) is 0 Å². The van der Waals surface area contributed by atoms with E-state index in [9.17, 15) is 5.11 Å². The smallest absolute Gasteiger partial charge is 0.0753 e. The normalized spacial score (nSPS) is 27.4.